The molecule has 0 amide bonds. The molecule has 0 aromatic carbocycles. The fraction of sp³-hybridized carbons (Fsp3) is 0.571. The maximum absolute atomic E-state index is 11.4. The van der Waals surface area contributed by atoms with Gasteiger partial charge < -0.3 is 10.1 Å². The van der Waals surface area contributed by atoms with E-state index in [4.69, 9.17) is 0 Å². The number of anilines is 1. The van der Waals surface area contributed by atoms with Gasteiger partial charge in [-0.3, -0.25) is 0 Å². The van der Waals surface area contributed by atoms with Gasteiger partial charge in [-0.05, 0) is 36.3 Å². The zero-order valence-electron chi connectivity index (χ0n) is 11.2. The standard InChI is InChI=1S/C14H20N2O2/c1-10(2)14(5-6-14)9-16-11-4-7-15-12(8-11)13(17)18-3/h4,7-8,10H,5-6,9H2,1-3H3,(H,15,16). The van der Waals surface area contributed by atoms with Crippen LogP contribution < -0.4 is 5.32 Å². The van der Waals surface area contributed by atoms with E-state index >= 15 is 0 Å². The van der Waals surface area contributed by atoms with Crippen LogP contribution in [0.1, 0.15) is 37.2 Å². The Bertz CT molecular complexity index is 439. The molecule has 0 atom stereocenters. The Morgan fingerprint density at radius 3 is 2.83 bits per heavy atom. The summed E-state index contributed by atoms with van der Waals surface area (Å²) in [5, 5.41) is 3.40. The van der Waals surface area contributed by atoms with Gasteiger partial charge >= 0.3 is 5.97 Å². The van der Waals surface area contributed by atoms with Crippen LogP contribution in [0.5, 0.6) is 0 Å². The summed E-state index contributed by atoms with van der Waals surface area (Å²) >= 11 is 0. The highest BCUT2D eigenvalue weighted by molar-refractivity contribution is 5.88. The third-order valence-corrected chi connectivity index (χ3v) is 3.92. The Kier molecular flexibility index (Phi) is 3.55. The van der Waals surface area contributed by atoms with Crippen LogP contribution in [0, 0.1) is 11.3 Å². The third kappa shape index (κ3) is 2.63. The first-order valence-electron chi connectivity index (χ1n) is 6.36. The quantitative estimate of drug-likeness (QED) is 0.814. The van der Waals surface area contributed by atoms with Crippen LogP contribution in [0.15, 0.2) is 18.3 Å². The molecule has 0 radical (unpaired) electrons. The first kappa shape index (κ1) is 12.9. The molecule has 0 unspecified atom stereocenters. The molecule has 4 heteroatoms. The summed E-state index contributed by atoms with van der Waals surface area (Å²) in [5.41, 5.74) is 1.71. The molecule has 1 aromatic rings. The molecule has 18 heavy (non-hydrogen) atoms. The molecule has 1 aliphatic rings. The summed E-state index contributed by atoms with van der Waals surface area (Å²) < 4.78 is 4.66. The molecule has 0 bridgehead atoms. The maximum Gasteiger partial charge on any atom is 0.356 e. The lowest BCUT2D eigenvalue weighted by Crippen LogP contribution is -2.21. The van der Waals surface area contributed by atoms with E-state index in [0.717, 1.165) is 12.2 Å². The minimum atomic E-state index is -0.399. The van der Waals surface area contributed by atoms with Crippen LogP contribution in [0.3, 0.4) is 0 Å². The molecule has 1 fully saturated rings. The number of hydrogen-bond donors (Lipinski definition) is 1. The number of carbonyl (C=O) groups is 1. The fourth-order valence-electron chi connectivity index (χ4n) is 2.15. The monoisotopic (exact) mass is 248 g/mol. The van der Waals surface area contributed by atoms with E-state index in [2.05, 4.69) is 28.9 Å². The number of esters is 1. The molecule has 0 spiro atoms. The Labute approximate surface area is 108 Å². The summed E-state index contributed by atoms with van der Waals surface area (Å²) in [5.74, 6) is 0.288. The largest absolute Gasteiger partial charge is 0.464 e. The number of nitrogens with zero attached hydrogens (tertiary/aromatic N) is 1. The van der Waals surface area contributed by atoms with Crippen LogP contribution in [-0.2, 0) is 4.74 Å². The number of hydrogen-bond acceptors (Lipinski definition) is 4. The predicted octanol–water partition coefficient (Wildman–Crippen LogP) is 2.72. The Balaban J connectivity index is 2.00. The van der Waals surface area contributed by atoms with Crippen molar-refractivity contribution in [2.24, 2.45) is 11.3 Å². The van der Waals surface area contributed by atoms with Gasteiger partial charge in [-0.2, -0.15) is 0 Å². The molecule has 0 saturated heterocycles. The number of ether oxygens (including phenoxy) is 1. The number of carbonyl (C=O) groups excluding carboxylic acids is 1. The zero-order chi connectivity index (χ0) is 13.2. The minimum Gasteiger partial charge on any atom is -0.464 e. The average molecular weight is 248 g/mol. The minimum absolute atomic E-state index is 0.344. The Morgan fingerprint density at radius 1 is 1.56 bits per heavy atom. The summed E-state index contributed by atoms with van der Waals surface area (Å²) in [6.45, 7) is 5.48. The van der Waals surface area contributed by atoms with Gasteiger partial charge in [-0.1, -0.05) is 13.8 Å². The highest BCUT2D eigenvalue weighted by Gasteiger charge is 2.44. The maximum atomic E-state index is 11.4. The normalized spacial score (nSPS) is 16.4. The van der Waals surface area contributed by atoms with Crippen LogP contribution in [0.2, 0.25) is 0 Å². The average Bonchev–Trinajstić information content (AvgIpc) is 3.17. The zero-order valence-corrected chi connectivity index (χ0v) is 11.2. The van der Waals surface area contributed by atoms with E-state index in [1.807, 2.05) is 6.07 Å². The van der Waals surface area contributed by atoms with E-state index in [-0.39, 0.29) is 0 Å². The Morgan fingerprint density at radius 2 is 2.28 bits per heavy atom. The summed E-state index contributed by atoms with van der Waals surface area (Å²) in [6, 6.07) is 3.62. The molecule has 1 aromatic heterocycles. The second kappa shape index (κ2) is 4.96. The second-order valence-electron chi connectivity index (χ2n) is 5.29. The first-order valence-corrected chi connectivity index (χ1v) is 6.36. The van der Waals surface area contributed by atoms with Crippen molar-refractivity contribution in [3.63, 3.8) is 0 Å². The third-order valence-electron chi connectivity index (χ3n) is 3.92. The molecule has 98 valence electrons. The topological polar surface area (TPSA) is 51.2 Å². The molecular weight excluding hydrogens is 228 g/mol. The lowest BCUT2D eigenvalue weighted by molar-refractivity contribution is 0.0594. The van der Waals surface area contributed by atoms with Gasteiger partial charge in [-0.25, -0.2) is 9.78 Å². The molecule has 0 aliphatic heterocycles. The van der Waals surface area contributed by atoms with Gasteiger partial charge in [0.25, 0.3) is 0 Å². The lowest BCUT2D eigenvalue weighted by atomic mass is 9.92. The molecule has 1 heterocycles. The Hall–Kier alpha value is -1.58. The van der Waals surface area contributed by atoms with Crippen LogP contribution in [0.4, 0.5) is 5.69 Å². The van der Waals surface area contributed by atoms with E-state index in [9.17, 15) is 4.79 Å². The van der Waals surface area contributed by atoms with Crippen molar-refractivity contribution in [3.05, 3.63) is 24.0 Å². The van der Waals surface area contributed by atoms with Crippen molar-refractivity contribution < 1.29 is 9.53 Å². The first-order chi connectivity index (χ1) is 8.57. The van der Waals surface area contributed by atoms with Crippen LogP contribution >= 0.6 is 0 Å². The molecule has 1 N–H and O–H groups in total. The smallest absolute Gasteiger partial charge is 0.356 e. The van der Waals surface area contributed by atoms with Crippen molar-refractivity contribution >= 4 is 11.7 Å². The van der Waals surface area contributed by atoms with Crippen molar-refractivity contribution in [3.8, 4) is 0 Å². The number of methoxy groups -OCH3 is 1. The van der Waals surface area contributed by atoms with Gasteiger partial charge in [0.05, 0.1) is 7.11 Å². The summed E-state index contributed by atoms with van der Waals surface area (Å²) in [7, 11) is 1.36. The van der Waals surface area contributed by atoms with Crippen LogP contribution in [-0.4, -0.2) is 24.6 Å². The van der Waals surface area contributed by atoms with E-state index < -0.39 is 5.97 Å². The number of aromatic nitrogens is 1. The molecule has 2 rings (SSSR count). The van der Waals surface area contributed by atoms with Crippen molar-refractivity contribution in [1.29, 1.82) is 0 Å². The van der Waals surface area contributed by atoms with Gasteiger partial charge in [-0.15, -0.1) is 0 Å². The molecule has 1 saturated carbocycles. The van der Waals surface area contributed by atoms with E-state index in [0.29, 0.717) is 17.0 Å². The summed E-state index contributed by atoms with van der Waals surface area (Å²) in [6.07, 6.45) is 4.20. The van der Waals surface area contributed by atoms with Crippen molar-refractivity contribution in [2.45, 2.75) is 26.7 Å². The highest BCUT2D eigenvalue weighted by atomic mass is 16.5. The molecule has 1 aliphatic carbocycles. The van der Waals surface area contributed by atoms with Gasteiger partial charge in [0, 0.05) is 18.4 Å². The second-order valence-corrected chi connectivity index (χ2v) is 5.29. The summed E-state index contributed by atoms with van der Waals surface area (Å²) in [4.78, 5) is 15.4. The van der Waals surface area contributed by atoms with Crippen LogP contribution in [0.25, 0.3) is 0 Å². The fourth-order valence-corrected chi connectivity index (χ4v) is 2.15. The van der Waals surface area contributed by atoms with E-state index in [1.165, 1.54) is 20.0 Å². The van der Waals surface area contributed by atoms with Crippen molar-refractivity contribution in [2.75, 3.05) is 19.0 Å². The van der Waals surface area contributed by atoms with Crippen molar-refractivity contribution in [1.82, 2.24) is 4.98 Å². The number of nitrogens with one attached hydrogen (secondary N) is 1. The lowest BCUT2D eigenvalue weighted by Gasteiger charge is -2.20. The molecular formula is C14H20N2O2. The van der Waals surface area contributed by atoms with Gasteiger partial charge in [0.2, 0.25) is 0 Å². The SMILES string of the molecule is COC(=O)c1cc(NCC2(C(C)C)CC2)ccn1. The van der Waals surface area contributed by atoms with Gasteiger partial charge in [0.15, 0.2) is 0 Å². The predicted molar refractivity (Wildman–Crippen MR) is 70.6 cm³/mol. The van der Waals surface area contributed by atoms with E-state index in [1.54, 1.807) is 12.3 Å². The van der Waals surface area contributed by atoms with Gasteiger partial charge in [0.1, 0.15) is 5.69 Å². The molecule has 4 nitrogen and oxygen atoms in total. The number of pyridine rings is 1. The highest BCUT2D eigenvalue weighted by Crippen LogP contribution is 2.51. The number of rotatable bonds is 5.